The zero-order chi connectivity index (χ0) is 19.5. The highest BCUT2D eigenvalue weighted by Crippen LogP contribution is 2.20. The largest absolute Gasteiger partial charge is 0.305 e. The van der Waals surface area contributed by atoms with Crippen LogP contribution >= 0.6 is 0 Å². The molecule has 146 valence electrons. The molecule has 0 atom stereocenters. The highest BCUT2D eigenvalue weighted by molar-refractivity contribution is 5.85. The van der Waals surface area contributed by atoms with Gasteiger partial charge in [-0.05, 0) is 44.8 Å². The fourth-order valence-corrected chi connectivity index (χ4v) is 3.63. The lowest BCUT2D eigenvalue weighted by atomic mass is 10.1. The van der Waals surface area contributed by atoms with E-state index in [1.807, 2.05) is 31.4 Å². The fraction of sp³-hybridized carbons (Fsp3) is 0.429. The molecule has 4 rings (SSSR count). The van der Waals surface area contributed by atoms with Gasteiger partial charge in [-0.1, -0.05) is 0 Å². The Morgan fingerprint density at radius 2 is 2.00 bits per heavy atom. The molecule has 0 aromatic carbocycles. The fourth-order valence-electron chi connectivity index (χ4n) is 3.63. The van der Waals surface area contributed by atoms with Crippen LogP contribution in [0.5, 0.6) is 0 Å². The molecule has 1 aliphatic rings. The van der Waals surface area contributed by atoms with Crippen LogP contribution in [0.3, 0.4) is 0 Å². The summed E-state index contributed by atoms with van der Waals surface area (Å²) in [4.78, 5) is 26.4. The van der Waals surface area contributed by atoms with E-state index < -0.39 is 0 Å². The molecule has 0 saturated carbocycles. The summed E-state index contributed by atoms with van der Waals surface area (Å²) < 4.78 is 1.76. The van der Waals surface area contributed by atoms with Gasteiger partial charge in [-0.2, -0.15) is 5.10 Å². The molecule has 0 N–H and O–H groups in total. The number of aromatic nitrogens is 4. The van der Waals surface area contributed by atoms with E-state index in [4.69, 9.17) is 4.98 Å². The zero-order valence-corrected chi connectivity index (χ0v) is 16.5. The van der Waals surface area contributed by atoms with Crippen LogP contribution in [0.1, 0.15) is 12.1 Å². The number of nitrogens with zero attached hydrogens (tertiary/aromatic N) is 6. The summed E-state index contributed by atoms with van der Waals surface area (Å²) in [6, 6.07) is 5.92. The topological polar surface area (TPSA) is 67.2 Å². The van der Waals surface area contributed by atoms with Gasteiger partial charge in [0.2, 0.25) is 0 Å². The van der Waals surface area contributed by atoms with E-state index in [1.165, 1.54) is 0 Å². The summed E-state index contributed by atoms with van der Waals surface area (Å²) in [5, 5.41) is 5.18. The van der Waals surface area contributed by atoms with Gasteiger partial charge < -0.3 is 4.90 Å². The normalized spacial score (nSPS) is 16.4. The lowest BCUT2D eigenvalue weighted by molar-refractivity contribution is -0.119. The third-order valence-electron chi connectivity index (χ3n) is 5.22. The number of rotatable bonds is 5. The lowest BCUT2D eigenvalue weighted by Crippen LogP contribution is -2.34. The number of pyridine rings is 2. The molecule has 7 nitrogen and oxygen atoms in total. The average Bonchev–Trinajstić information content (AvgIpc) is 3.01. The van der Waals surface area contributed by atoms with Crippen LogP contribution in [0.2, 0.25) is 0 Å². The Morgan fingerprint density at radius 1 is 1.11 bits per heavy atom. The monoisotopic (exact) mass is 378 g/mol. The maximum absolute atomic E-state index is 12.6. The molecule has 0 amide bonds. The van der Waals surface area contributed by atoms with Gasteiger partial charge >= 0.3 is 0 Å². The summed E-state index contributed by atoms with van der Waals surface area (Å²) >= 11 is 0. The molecule has 1 aliphatic heterocycles. The van der Waals surface area contributed by atoms with E-state index in [9.17, 15) is 4.79 Å². The van der Waals surface area contributed by atoms with Gasteiger partial charge in [0, 0.05) is 49.2 Å². The summed E-state index contributed by atoms with van der Waals surface area (Å²) in [5.74, 6) is 0.208. The van der Waals surface area contributed by atoms with E-state index in [0.29, 0.717) is 13.0 Å². The quantitative estimate of drug-likeness (QED) is 0.674. The summed E-state index contributed by atoms with van der Waals surface area (Å²) in [5.41, 5.74) is 3.48. The van der Waals surface area contributed by atoms with Crippen LogP contribution in [0.4, 0.5) is 0 Å². The molecule has 0 aliphatic carbocycles. The number of Topliss-reactive ketones (excluding diaryl/α,β-unsaturated/α-hetero) is 1. The third kappa shape index (κ3) is 4.43. The van der Waals surface area contributed by atoms with Crippen molar-refractivity contribution in [1.82, 2.24) is 29.5 Å². The Labute approximate surface area is 165 Å². The third-order valence-corrected chi connectivity index (χ3v) is 5.22. The van der Waals surface area contributed by atoms with Crippen molar-refractivity contribution in [1.29, 1.82) is 0 Å². The Balaban J connectivity index is 1.46. The molecule has 4 heterocycles. The van der Waals surface area contributed by atoms with Crippen LogP contribution < -0.4 is 0 Å². The van der Waals surface area contributed by atoms with Gasteiger partial charge in [-0.25, -0.2) is 4.98 Å². The van der Waals surface area contributed by atoms with Crippen LogP contribution in [0.15, 0.2) is 36.8 Å². The van der Waals surface area contributed by atoms with Gasteiger partial charge in [0.05, 0.1) is 30.4 Å². The summed E-state index contributed by atoms with van der Waals surface area (Å²) in [6.45, 7) is 4.54. The highest BCUT2D eigenvalue weighted by atomic mass is 16.1. The first-order chi connectivity index (χ1) is 13.6. The molecule has 0 spiro atoms. The van der Waals surface area contributed by atoms with E-state index in [2.05, 4.69) is 26.9 Å². The Hall–Kier alpha value is -2.64. The molecule has 7 heteroatoms. The second kappa shape index (κ2) is 8.16. The molecule has 28 heavy (non-hydrogen) atoms. The molecule has 1 saturated heterocycles. The number of aryl methyl sites for hydroxylation is 1. The summed E-state index contributed by atoms with van der Waals surface area (Å²) in [7, 11) is 4.03. The minimum absolute atomic E-state index is 0.208. The molecular formula is C21H26N6O. The standard InChI is InChI=1S/C21H26N6O/c1-25-6-3-7-27(9-8-25)15-19(28)10-18-11-21-16(12-22-18)4-5-20(24-21)17-13-23-26(2)14-17/h4-5,11-14H,3,6-10,15H2,1-2H3. The first kappa shape index (κ1) is 18.7. The van der Waals surface area contributed by atoms with Crippen LogP contribution in [-0.4, -0.2) is 75.1 Å². The minimum Gasteiger partial charge on any atom is -0.305 e. The molecular weight excluding hydrogens is 352 g/mol. The SMILES string of the molecule is CN1CCCN(CC(=O)Cc2cc3nc(-c4cnn(C)c4)ccc3cn2)CC1. The van der Waals surface area contributed by atoms with E-state index >= 15 is 0 Å². The van der Waals surface area contributed by atoms with Crippen molar-refractivity contribution in [2.45, 2.75) is 12.8 Å². The number of ketones is 1. The van der Waals surface area contributed by atoms with Gasteiger partial charge in [0.15, 0.2) is 5.78 Å². The predicted octanol–water partition coefficient (Wildman–Crippen LogP) is 1.78. The molecule has 0 unspecified atom stereocenters. The number of likely N-dealkylation sites (N-methyl/N-ethyl adjacent to an activating group) is 1. The Morgan fingerprint density at radius 3 is 2.82 bits per heavy atom. The number of hydrogen-bond acceptors (Lipinski definition) is 6. The second-order valence-electron chi connectivity index (χ2n) is 7.62. The molecule has 0 radical (unpaired) electrons. The van der Waals surface area contributed by atoms with Crippen molar-refractivity contribution in [3.63, 3.8) is 0 Å². The molecule has 0 bridgehead atoms. The number of carbonyl (C=O) groups is 1. The van der Waals surface area contributed by atoms with Crippen molar-refractivity contribution in [2.24, 2.45) is 7.05 Å². The number of hydrogen-bond donors (Lipinski definition) is 0. The van der Waals surface area contributed by atoms with Crippen molar-refractivity contribution < 1.29 is 4.79 Å². The Bertz CT molecular complexity index is 982. The minimum atomic E-state index is 0.208. The molecule has 3 aromatic heterocycles. The van der Waals surface area contributed by atoms with Gasteiger partial charge in [0.25, 0.3) is 0 Å². The maximum Gasteiger partial charge on any atom is 0.152 e. The Kier molecular flexibility index (Phi) is 5.45. The second-order valence-corrected chi connectivity index (χ2v) is 7.62. The van der Waals surface area contributed by atoms with Crippen molar-refractivity contribution >= 4 is 16.7 Å². The highest BCUT2D eigenvalue weighted by Gasteiger charge is 2.16. The first-order valence-electron chi connectivity index (χ1n) is 9.74. The van der Waals surface area contributed by atoms with Crippen LogP contribution in [-0.2, 0) is 18.3 Å². The molecule has 3 aromatic rings. The van der Waals surface area contributed by atoms with Crippen molar-refractivity contribution in [2.75, 3.05) is 39.8 Å². The van der Waals surface area contributed by atoms with E-state index in [0.717, 1.165) is 60.5 Å². The first-order valence-corrected chi connectivity index (χ1v) is 9.74. The molecule has 1 fully saturated rings. The van der Waals surface area contributed by atoms with Crippen molar-refractivity contribution in [3.05, 3.63) is 42.5 Å². The predicted molar refractivity (Wildman–Crippen MR) is 109 cm³/mol. The number of fused-ring (bicyclic) bond motifs is 1. The number of carbonyl (C=O) groups excluding carboxylic acids is 1. The smallest absolute Gasteiger partial charge is 0.152 e. The van der Waals surface area contributed by atoms with Crippen LogP contribution in [0.25, 0.3) is 22.2 Å². The van der Waals surface area contributed by atoms with E-state index in [-0.39, 0.29) is 5.78 Å². The average molecular weight is 378 g/mol. The maximum atomic E-state index is 12.6. The van der Waals surface area contributed by atoms with Crippen LogP contribution in [0, 0.1) is 0 Å². The summed E-state index contributed by atoms with van der Waals surface area (Å²) in [6.07, 6.45) is 7.01. The zero-order valence-electron chi connectivity index (χ0n) is 16.5. The van der Waals surface area contributed by atoms with E-state index in [1.54, 1.807) is 17.1 Å². The lowest BCUT2D eigenvalue weighted by Gasteiger charge is -2.19. The van der Waals surface area contributed by atoms with Gasteiger partial charge in [0.1, 0.15) is 0 Å². The van der Waals surface area contributed by atoms with Crippen molar-refractivity contribution in [3.8, 4) is 11.3 Å². The van der Waals surface area contributed by atoms with Gasteiger partial charge in [-0.15, -0.1) is 0 Å². The van der Waals surface area contributed by atoms with Gasteiger partial charge in [-0.3, -0.25) is 19.4 Å².